The molecule has 1 saturated carbocycles. The first kappa shape index (κ1) is 45.8. The summed E-state index contributed by atoms with van der Waals surface area (Å²) < 4.78 is 16.7. The third-order valence-electron chi connectivity index (χ3n) is 13.8. The average Bonchev–Trinajstić information content (AvgIpc) is 4.10. The molecule has 5 aliphatic rings. The molecule has 5 heterocycles. The molecule has 3 aromatic carbocycles. The maximum atomic E-state index is 14.4. The van der Waals surface area contributed by atoms with Crippen molar-refractivity contribution in [2.24, 2.45) is 0 Å². The number of nitrogens with zero attached hydrogens (tertiary/aromatic N) is 5. The van der Waals surface area contributed by atoms with Crippen LogP contribution >= 0.6 is 0 Å². The van der Waals surface area contributed by atoms with Crippen LogP contribution in [0.2, 0.25) is 0 Å². The minimum Gasteiger partial charge on any atom is -0.378 e. The number of ether oxygens (including phenoxy) is 3. The number of aromatic nitrogens is 2. The lowest BCUT2D eigenvalue weighted by atomic mass is 9.81. The lowest BCUT2D eigenvalue weighted by Crippen LogP contribution is -2.54. The first-order chi connectivity index (χ1) is 32.8. The first-order valence-corrected chi connectivity index (χ1v) is 23.8. The van der Waals surface area contributed by atoms with Crippen molar-refractivity contribution in [3.8, 4) is 11.3 Å². The number of urea groups is 2. The van der Waals surface area contributed by atoms with Crippen LogP contribution in [-0.2, 0) is 28.6 Å². The lowest BCUT2D eigenvalue weighted by molar-refractivity contribution is -0.143. The fraction of sp³-hybridized carbons (Fsp3) is 0.480. The summed E-state index contributed by atoms with van der Waals surface area (Å²) in [7, 11) is 0. The van der Waals surface area contributed by atoms with E-state index in [1.807, 2.05) is 60.7 Å². The molecule has 67 heavy (non-hydrogen) atoms. The SMILES string of the molecule is O=C(NC1CCC(c2ccc(-c3cnc([C@@H]4COCCN4C(=O)C(NC(=O)N4CCOCC4)c4ccccc4)[nH]3)cc2)CC1)[C@@H]1CCCN1C(=O)[C@@H](NC(=O)N1CCOCC1)c1ccccc1. The average molecular weight is 916 g/mol. The van der Waals surface area contributed by atoms with Crippen LogP contribution < -0.4 is 16.0 Å². The van der Waals surface area contributed by atoms with Gasteiger partial charge in [-0.25, -0.2) is 14.6 Å². The molecule has 17 nitrogen and oxygen atoms in total. The second-order valence-electron chi connectivity index (χ2n) is 18.0. The summed E-state index contributed by atoms with van der Waals surface area (Å²) in [6, 6.07) is 23.5. The van der Waals surface area contributed by atoms with Crippen molar-refractivity contribution in [2.45, 2.75) is 74.7 Å². The molecule has 4 saturated heterocycles. The van der Waals surface area contributed by atoms with Gasteiger partial charge in [-0.15, -0.1) is 0 Å². The Kier molecular flexibility index (Phi) is 14.7. The predicted octanol–water partition coefficient (Wildman–Crippen LogP) is 4.68. The molecule has 0 spiro atoms. The van der Waals surface area contributed by atoms with Gasteiger partial charge in [0.2, 0.25) is 5.91 Å². The van der Waals surface area contributed by atoms with Crippen LogP contribution in [0.3, 0.4) is 0 Å². The quantitative estimate of drug-likeness (QED) is 0.166. The van der Waals surface area contributed by atoms with Crippen LogP contribution in [0.5, 0.6) is 0 Å². The standard InChI is InChI=1S/C50H61N9O8/c60-46(41-12-7-21-58(41)47(61)43(37-8-3-1-4-9-37)54-49(63)56-22-27-65-28-23-56)52-39-19-17-35(18-20-39)34-13-15-36(16-14-34)40-32-51-45(53-40)42-33-67-31-26-59(42)48(62)44(38-10-5-2-6-11-38)55-50(64)57-24-29-66-30-25-57/h1-6,8-11,13-16,32,35,39,41-44H,7,12,17-31,33H2,(H,51,53)(H,52,60)(H,54,63)(H,55,64)/t35?,39?,41-,42-,43-,44?/m0/s1. The monoisotopic (exact) mass is 915 g/mol. The molecule has 4 N–H and O–H groups in total. The van der Waals surface area contributed by atoms with Gasteiger partial charge in [0.15, 0.2) is 0 Å². The Morgan fingerprint density at radius 1 is 0.612 bits per heavy atom. The third kappa shape index (κ3) is 10.8. The maximum Gasteiger partial charge on any atom is 0.318 e. The molecular formula is C50H61N9O8. The van der Waals surface area contributed by atoms with Gasteiger partial charge < -0.3 is 54.7 Å². The summed E-state index contributed by atoms with van der Waals surface area (Å²) in [5.41, 5.74) is 4.39. The van der Waals surface area contributed by atoms with Crippen LogP contribution in [0, 0.1) is 0 Å². The van der Waals surface area contributed by atoms with Gasteiger partial charge >= 0.3 is 12.1 Å². The molecule has 1 aromatic heterocycles. The normalized spacial score (nSPS) is 23.2. The number of H-pyrrole nitrogens is 1. The van der Waals surface area contributed by atoms with E-state index in [4.69, 9.17) is 19.2 Å². The number of carbonyl (C=O) groups excluding carboxylic acids is 5. The number of imidazole rings is 1. The molecule has 4 atom stereocenters. The second-order valence-corrected chi connectivity index (χ2v) is 18.0. The molecule has 4 aliphatic heterocycles. The number of likely N-dealkylation sites (tertiary alicyclic amines) is 1. The van der Waals surface area contributed by atoms with Gasteiger partial charge in [-0.3, -0.25) is 14.4 Å². The van der Waals surface area contributed by atoms with Crippen molar-refractivity contribution in [2.75, 3.05) is 78.9 Å². The topological polar surface area (TPSA) is 191 Å². The fourth-order valence-electron chi connectivity index (χ4n) is 10.0. The molecular weight excluding hydrogens is 855 g/mol. The summed E-state index contributed by atoms with van der Waals surface area (Å²) >= 11 is 0. The van der Waals surface area contributed by atoms with E-state index in [0.29, 0.717) is 108 Å². The number of rotatable bonds is 11. The second kappa shape index (κ2) is 21.6. The first-order valence-electron chi connectivity index (χ1n) is 23.8. The molecule has 1 unspecified atom stereocenters. The number of amides is 7. The Morgan fingerprint density at radius 3 is 1.75 bits per heavy atom. The summed E-state index contributed by atoms with van der Waals surface area (Å²) in [6.45, 7) is 5.09. The zero-order valence-electron chi connectivity index (χ0n) is 37.9. The van der Waals surface area contributed by atoms with Crippen molar-refractivity contribution < 1.29 is 38.2 Å². The van der Waals surface area contributed by atoms with E-state index in [0.717, 1.165) is 36.9 Å². The molecule has 354 valence electrons. The van der Waals surface area contributed by atoms with Crippen molar-refractivity contribution in [1.29, 1.82) is 0 Å². The number of aromatic amines is 1. The Balaban J connectivity index is 0.795. The third-order valence-corrected chi connectivity index (χ3v) is 13.8. The highest BCUT2D eigenvalue weighted by atomic mass is 16.5. The molecule has 0 radical (unpaired) electrons. The van der Waals surface area contributed by atoms with E-state index in [-0.39, 0.29) is 42.4 Å². The fourth-order valence-corrected chi connectivity index (χ4v) is 10.0. The Labute approximate surface area is 390 Å². The highest BCUT2D eigenvalue weighted by molar-refractivity contribution is 5.93. The van der Waals surface area contributed by atoms with Crippen LogP contribution in [0.25, 0.3) is 11.3 Å². The van der Waals surface area contributed by atoms with E-state index < -0.39 is 24.2 Å². The summed E-state index contributed by atoms with van der Waals surface area (Å²) in [5, 5.41) is 9.26. The number of nitrogens with one attached hydrogen (secondary N) is 4. The number of carbonyl (C=O) groups is 5. The van der Waals surface area contributed by atoms with E-state index in [1.54, 1.807) is 25.8 Å². The van der Waals surface area contributed by atoms with Crippen molar-refractivity contribution in [1.82, 2.24) is 45.5 Å². The van der Waals surface area contributed by atoms with Gasteiger partial charge in [0.25, 0.3) is 11.8 Å². The van der Waals surface area contributed by atoms with Gasteiger partial charge in [0, 0.05) is 45.3 Å². The van der Waals surface area contributed by atoms with Gasteiger partial charge in [0.05, 0.1) is 51.5 Å². The highest BCUT2D eigenvalue weighted by Crippen LogP contribution is 2.35. The lowest BCUT2D eigenvalue weighted by Gasteiger charge is -2.37. The van der Waals surface area contributed by atoms with E-state index in [9.17, 15) is 24.0 Å². The van der Waals surface area contributed by atoms with Crippen LogP contribution in [0.1, 0.15) is 85.1 Å². The molecule has 17 heteroatoms. The Morgan fingerprint density at radius 2 is 1.16 bits per heavy atom. The number of benzene rings is 3. The van der Waals surface area contributed by atoms with Crippen LogP contribution in [-0.4, -0.2) is 150 Å². The summed E-state index contributed by atoms with van der Waals surface area (Å²) in [4.78, 5) is 84.0. The molecule has 1 aliphatic carbocycles. The summed E-state index contributed by atoms with van der Waals surface area (Å²) in [5.74, 6) is 0.305. The Bertz CT molecular complexity index is 2310. The van der Waals surface area contributed by atoms with Crippen molar-refractivity contribution >= 4 is 29.8 Å². The van der Waals surface area contributed by atoms with Gasteiger partial charge in [-0.05, 0) is 66.7 Å². The van der Waals surface area contributed by atoms with Gasteiger partial charge in [-0.1, -0.05) is 84.9 Å². The minimum absolute atomic E-state index is 0.00848. The van der Waals surface area contributed by atoms with Gasteiger partial charge in [0.1, 0.15) is 30.0 Å². The van der Waals surface area contributed by atoms with Crippen molar-refractivity contribution in [3.63, 3.8) is 0 Å². The number of hydrogen-bond acceptors (Lipinski definition) is 9. The molecule has 5 fully saturated rings. The smallest absolute Gasteiger partial charge is 0.318 e. The largest absolute Gasteiger partial charge is 0.378 e. The molecule has 9 rings (SSSR count). The van der Waals surface area contributed by atoms with E-state index >= 15 is 0 Å². The minimum atomic E-state index is -0.907. The van der Waals surface area contributed by atoms with E-state index in [1.165, 1.54) is 5.56 Å². The van der Waals surface area contributed by atoms with Crippen LogP contribution in [0.15, 0.2) is 91.1 Å². The van der Waals surface area contributed by atoms with Crippen molar-refractivity contribution in [3.05, 3.63) is 114 Å². The maximum absolute atomic E-state index is 14.4. The predicted molar refractivity (Wildman–Crippen MR) is 247 cm³/mol. The van der Waals surface area contributed by atoms with Crippen LogP contribution in [0.4, 0.5) is 9.59 Å². The summed E-state index contributed by atoms with van der Waals surface area (Å²) in [6.07, 6.45) is 6.55. The number of hydrogen-bond donors (Lipinski definition) is 4. The Hall–Kier alpha value is -6.30. The molecule has 0 bridgehead atoms. The number of morpholine rings is 3. The van der Waals surface area contributed by atoms with E-state index in [2.05, 4.69) is 45.2 Å². The molecule has 4 aromatic rings. The zero-order chi connectivity index (χ0) is 46.1. The van der Waals surface area contributed by atoms with Gasteiger partial charge in [-0.2, -0.15) is 0 Å². The molecule has 7 amide bonds. The highest BCUT2D eigenvalue weighted by Gasteiger charge is 2.40. The zero-order valence-corrected chi connectivity index (χ0v) is 37.9.